The number of hydrogen-bond donors (Lipinski definition) is 0. The molecule has 0 N–H and O–H groups in total. The first-order valence-electron chi connectivity index (χ1n) is 3.92. The first-order valence-corrected chi connectivity index (χ1v) is 4.30. The van der Waals surface area contributed by atoms with Crippen LogP contribution in [0.1, 0.15) is 6.92 Å². The Labute approximate surface area is 75.8 Å². The third-order valence-electron chi connectivity index (χ3n) is 1.93. The van der Waals surface area contributed by atoms with Gasteiger partial charge in [0.15, 0.2) is 0 Å². The fraction of sp³-hybridized carbons (Fsp3) is 0.222. The molecule has 0 radical (unpaired) electrons. The van der Waals surface area contributed by atoms with Gasteiger partial charge in [0.25, 0.3) is 0 Å². The fourth-order valence-corrected chi connectivity index (χ4v) is 1.60. The summed E-state index contributed by atoms with van der Waals surface area (Å²) in [6, 6.07) is 5.77. The lowest BCUT2D eigenvalue weighted by atomic mass is 10.3. The van der Waals surface area contributed by atoms with E-state index in [1.165, 1.54) is 0 Å². The van der Waals surface area contributed by atoms with Crippen molar-refractivity contribution >= 4 is 22.6 Å². The normalized spacial score (nSPS) is 10.8. The second-order valence-corrected chi connectivity index (χ2v) is 3.05. The lowest BCUT2D eigenvalue weighted by Crippen LogP contribution is -1.90. The van der Waals surface area contributed by atoms with Crippen LogP contribution < -0.4 is 0 Å². The standard InChI is InChI=1S/C9H9ClN2/c1-2-12-6-11-8-5-3-4-7(10)9(8)12/h3-6H,2H2,1H3. The minimum Gasteiger partial charge on any atom is -0.330 e. The topological polar surface area (TPSA) is 17.8 Å². The van der Waals surface area contributed by atoms with E-state index in [1.807, 2.05) is 29.1 Å². The Bertz CT molecular complexity index is 406. The predicted octanol–water partition coefficient (Wildman–Crippen LogP) is 2.71. The molecule has 1 heterocycles. The Kier molecular flexibility index (Phi) is 1.77. The highest BCUT2D eigenvalue weighted by Gasteiger charge is 2.03. The molecule has 0 aliphatic rings. The number of aryl methyl sites for hydroxylation is 1. The lowest BCUT2D eigenvalue weighted by molar-refractivity contribution is 0.787. The van der Waals surface area contributed by atoms with Crippen molar-refractivity contribution in [3.63, 3.8) is 0 Å². The first-order chi connectivity index (χ1) is 5.83. The molecule has 3 heteroatoms. The zero-order valence-corrected chi connectivity index (χ0v) is 7.54. The number of imidazole rings is 1. The maximum Gasteiger partial charge on any atom is 0.0958 e. The van der Waals surface area contributed by atoms with Crippen molar-refractivity contribution in [2.24, 2.45) is 0 Å². The summed E-state index contributed by atoms with van der Waals surface area (Å²) < 4.78 is 2.04. The lowest BCUT2D eigenvalue weighted by Gasteiger charge is -1.99. The average Bonchev–Trinajstić information content (AvgIpc) is 2.49. The van der Waals surface area contributed by atoms with Crippen LogP contribution >= 0.6 is 11.6 Å². The molecule has 0 spiro atoms. The number of benzene rings is 1. The molecule has 2 aromatic rings. The van der Waals surface area contributed by atoms with Gasteiger partial charge in [-0.2, -0.15) is 0 Å². The van der Waals surface area contributed by atoms with E-state index in [1.54, 1.807) is 0 Å². The molecule has 12 heavy (non-hydrogen) atoms. The number of fused-ring (bicyclic) bond motifs is 1. The molecule has 0 aliphatic heterocycles. The molecule has 0 amide bonds. The Morgan fingerprint density at radius 2 is 2.33 bits per heavy atom. The SMILES string of the molecule is CCn1cnc2cccc(Cl)c21. The summed E-state index contributed by atoms with van der Waals surface area (Å²) in [6.45, 7) is 2.98. The van der Waals surface area contributed by atoms with E-state index in [0.717, 1.165) is 22.6 Å². The average molecular weight is 181 g/mol. The summed E-state index contributed by atoms with van der Waals surface area (Å²) >= 11 is 6.02. The van der Waals surface area contributed by atoms with Crippen LogP contribution in [0.5, 0.6) is 0 Å². The van der Waals surface area contributed by atoms with Crippen LogP contribution in [0.15, 0.2) is 24.5 Å². The number of rotatable bonds is 1. The number of hydrogen-bond acceptors (Lipinski definition) is 1. The van der Waals surface area contributed by atoms with Gasteiger partial charge in [-0.25, -0.2) is 4.98 Å². The highest BCUT2D eigenvalue weighted by molar-refractivity contribution is 6.34. The third kappa shape index (κ3) is 0.994. The quantitative estimate of drug-likeness (QED) is 0.660. The van der Waals surface area contributed by atoms with E-state index in [2.05, 4.69) is 11.9 Å². The Morgan fingerprint density at radius 1 is 1.50 bits per heavy atom. The molecule has 62 valence electrons. The highest BCUT2D eigenvalue weighted by atomic mass is 35.5. The third-order valence-corrected chi connectivity index (χ3v) is 2.23. The second-order valence-electron chi connectivity index (χ2n) is 2.64. The van der Waals surface area contributed by atoms with Gasteiger partial charge in [0.1, 0.15) is 0 Å². The van der Waals surface area contributed by atoms with Crippen molar-refractivity contribution in [2.75, 3.05) is 0 Å². The van der Waals surface area contributed by atoms with Gasteiger partial charge in [0.2, 0.25) is 0 Å². The molecule has 1 aromatic heterocycles. The minimum atomic E-state index is 0.770. The summed E-state index contributed by atoms with van der Waals surface area (Å²) in [5.41, 5.74) is 1.99. The van der Waals surface area contributed by atoms with Crippen LogP contribution in [-0.2, 0) is 6.54 Å². The Morgan fingerprint density at radius 3 is 3.08 bits per heavy atom. The molecular formula is C9H9ClN2. The molecule has 0 aliphatic carbocycles. The molecule has 0 saturated heterocycles. The largest absolute Gasteiger partial charge is 0.330 e. The van der Waals surface area contributed by atoms with Gasteiger partial charge in [-0.1, -0.05) is 17.7 Å². The van der Waals surface area contributed by atoms with E-state index >= 15 is 0 Å². The summed E-state index contributed by atoms with van der Waals surface area (Å²) in [5.74, 6) is 0. The van der Waals surface area contributed by atoms with Crippen LogP contribution in [-0.4, -0.2) is 9.55 Å². The number of para-hydroxylation sites is 1. The Hall–Kier alpha value is -1.02. The molecule has 2 nitrogen and oxygen atoms in total. The van der Waals surface area contributed by atoms with Gasteiger partial charge in [-0.05, 0) is 19.1 Å². The number of nitrogens with zero attached hydrogens (tertiary/aromatic N) is 2. The minimum absolute atomic E-state index is 0.770. The first kappa shape index (κ1) is 7.62. The van der Waals surface area contributed by atoms with Gasteiger partial charge in [0.05, 0.1) is 22.4 Å². The van der Waals surface area contributed by atoms with E-state index < -0.39 is 0 Å². The van der Waals surface area contributed by atoms with Gasteiger partial charge in [0, 0.05) is 6.54 Å². The molecule has 0 unspecified atom stereocenters. The van der Waals surface area contributed by atoms with Crippen LogP contribution in [0.25, 0.3) is 11.0 Å². The van der Waals surface area contributed by atoms with Gasteiger partial charge < -0.3 is 4.57 Å². The van der Waals surface area contributed by atoms with E-state index in [0.29, 0.717) is 0 Å². The Balaban J connectivity index is 2.83. The van der Waals surface area contributed by atoms with Crippen molar-refractivity contribution in [2.45, 2.75) is 13.5 Å². The fourth-order valence-electron chi connectivity index (χ4n) is 1.32. The summed E-state index contributed by atoms with van der Waals surface area (Å²) in [4.78, 5) is 4.23. The van der Waals surface area contributed by atoms with Gasteiger partial charge >= 0.3 is 0 Å². The maximum atomic E-state index is 6.02. The van der Waals surface area contributed by atoms with Crippen molar-refractivity contribution in [1.82, 2.24) is 9.55 Å². The molecule has 2 rings (SSSR count). The molecule has 0 atom stereocenters. The van der Waals surface area contributed by atoms with E-state index in [-0.39, 0.29) is 0 Å². The van der Waals surface area contributed by atoms with Crippen LogP contribution in [0, 0.1) is 0 Å². The molecule has 0 bridgehead atoms. The predicted molar refractivity (Wildman–Crippen MR) is 50.4 cm³/mol. The van der Waals surface area contributed by atoms with Crippen molar-refractivity contribution in [1.29, 1.82) is 0 Å². The zero-order chi connectivity index (χ0) is 8.55. The second kappa shape index (κ2) is 2.79. The van der Waals surface area contributed by atoms with E-state index in [4.69, 9.17) is 11.6 Å². The van der Waals surface area contributed by atoms with Crippen molar-refractivity contribution < 1.29 is 0 Å². The van der Waals surface area contributed by atoms with Crippen molar-refractivity contribution in [3.8, 4) is 0 Å². The van der Waals surface area contributed by atoms with Gasteiger partial charge in [-0.3, -0.25) is 0 Å². The number of halogens is 1. The van der Waals surface area contributed by atoms with Crippen LogP contribution in [0.3, 0.4) is 0 Å². The maximum absolute atomic E-state index is 6.02. The molecule has 1 aromatic carbocycles. The van der Waals surface area contributed by atoms with Crippen LogP contribution in [0.2, 0.25) is 5.02 Å². The summed E-state index contributed by atoms with van der Waals surface area (Å²) in [5, 5.41) is 0.770. The summed E-state index contributed by atoms with van der Waals surface area (Å²) in [7, 11) is 0. The molecule has 0 fully saturated rings. The number of aromatic nitrogens is 2. The van der Waals surface area contributed by atoms with Gasteiger partial charge in [-0.15, -0.1) is 0 Å². The van der Waals surface area contributed by atoms with Crippen molar-refractivity contribution in [3.05, 3.63) is 29.5 Å². The highest BCUT2D eigenvalue weighted by Crippen LogP contribution is 2.21. The van der Waals surface area contributed by atoms with Crippen LogP contribution in [0.4, 0.5) is 0 Å². The van der Waals surface area contributed by atoms with E-state index in [9.17, 15) is 0 Å². The zero-order valence-electron chi connectivity index (χ0n) is 6.79. The molecular weight excluding hydrogens is 172 g/mol. The summed E-state index contributed by atoms with van der Waals surface area (Å²) in [6.07, 6.45) is 1.82. The monoisotopic (exact) mass is 180 g/mol. The molecule has 0 saturated carbocycles. The smallest absolute Gasteiger partial charge is 0.0958 e.